The topological polar surface area (TPSA) is 69.7 Å². The van der Waals surface area contributed by atoms with Gasteiger partial charge in [0, 0.05) is 0 Å². The number of carbonyl (C=O) groups excluding carboxylic acids is 1. The van der Waals surface area contributed by atoms with E-state index in [9.17, 15) is 26.4 Å². The Morgan fingerprint density at radius 3 is 2.22 bits per heavy atom. The van der Waals surface area contributed by atoms with Crippen molar-refractivity contribution in [3.05, 3.63) is 35.9 Å². The molecule has 0 unspecified atom stereocenters. The Balaban J connectivity index is 2.79. The molecule has 0 saturated heterocycles. The Morgan fingerprint density at radius 1 is 1.17 bits per heavy atom. The molecule has 1 aromatic rings. The maximum Gasteiger partial charge on any atom is 0.523 e. The van der Waals surface area contributed by atoms with Crippen LogP contribution in [0.15, 0.2) is 30.3 Å². The lowest BCUT2D eigenvalue weighted by molar-refractivity contribution is -0.154. The number of hydrogen-bond acceptors (Lipinski definition) is 5. The van der Waals surface area contributed by atoms with Crippen molar-refractivity contribution in [2.45, 2.75) is 38.5 Å². The van der Waals surface area contributed by atoms with E-state index in [1.54, 1.807) is 44.2 Å². The first-order valence-electron chi connectivity index (χ1n) is 6.73. The summed E-state index contributed by atoms with van der Waals surface area (Å²) in [4.78, 5) is 11.9. The van der Waals surface area contributed by atoms with Gasteiger partial charge in [-0.25, -0.2) is 8.98 Å². The molecule has 0 aliphatic heterocycles. The van der Waals surface area contributed by atoms with Crippen LogP contribution in [0.2, 0.25) is 0 Å². The molecule has 130 valence electrons. The van der Waals surface area contributed by atoms with E-state index in [-0.39, 0.29) is 18.9 Å². The van der Waals surface area contributed by atoms with Crippen LogP contribution in [0.5, 0.6) is 0 Å². The van der Waals surface area contributed by atoms with Gasteiger partial charge in [-0.05, 0) is 17.9 Å². The molecule has 0 saturated carbocycles. The second-order valence-electron chi connectivity index (χ2n) is 5.21. The predicted molar refractivity (Wildman–Crippen MR) is 75.5 cm³/mol. The van der Waals surface area contributed by atoms with Gasteiger partial charge in [0.15, 0.2) is 6.10 Å². The smallest absolute Gasteiger partial charge is 0.459 e. The highest BCUT2D eigenvalue weighted by molar-refractivity contribution is 7.87. The maximum atomic E-state index is 12.4. The Bertz CT molecular complexity index is 611. The fourth-order valence-electron chi connectivity index (χ4n) is 1.63. The molecular formula is C14H17F3O5S. The zero-order chi connectivity index (χ0) is 17.7. The largest absolute Gasteiger partial charge is 0.523 e. The molecule has 9 heteroatoms. The lowest BCUT2D eigenvalue weighted by Crippen LogP contribution is -2.36. The SMILES string of the molecule is CC(C)C[C@@H](OS(=O)(=O)C(F)(F)F)C(=O)OCc1ccccc1. The zero-order valence-corrected chi connectivity index (χ0v) is 13.4. The van der Waals surface area contributed by atoms with E-state index in [0.717, 1.165) is 0 Å². The van der Waals surface area contributed by atoms with Crippen molar-refractivity contribution < 1.29 is 35.3 Å². The summed E-state index contributed by atoms with van der Waals surface area (Å²) in [6, 6.07) is 8.43. The van der Waals surface area contributed by atoms with Crippen LogP contribution in [0.4, 0.5) is 13.2 Å². The first-order chi connectivity index (χ1) is 10.5. The van der Waals surface area contributed by atoms with E-state index in [1.807, 2.05) is 0 Å². The van der Waals surface area contributed by atoms with Gasteiger partial charge >= 0.3 is 21.6 Å². The summed E-state index contributed by atoms with van der Waals surface area (Å²) in [5.74, 6) is -1.43. The Morgan fingerprint density at radius 2 is 1.74 bits per heavy atom. The first kappa shape index (κ1) is 19.4. The molecule has 1 atom stereocenters. The molecule has 0 heterocycles. The van der Waals surface area contributed by atoms with Crippen molar-refractivity contribution in [1.82, 2.24) is 0 Å². The van der Waals surface area contributed by atoms with E-state index < -0.39 is 27.7 Å². The second kappa shape index (κ2) is 7.78. The maximum absolute atomic E-state index is 12.4. The lowest BCUT2D eigenvalue weighted by Gasteiger charge is -2.19. The van der Waals surface area contributed by atoms with Gasteiger partial charge in [0.05, 0.1) is 0 Å². The van der Waals surface area contributed by atoms with Crippen LogP contribution < -0.4 is 0 Å². The van der Waals surface area contributed by atoms with Gasteiger partial charge in [-0.1, -0.05) is 44.2 Å². The Kier molecular flexibility index (Phi) is 6.57. The first-order valence-corrected chi connectivity index (χ1v) is 8.14. The van der Waals surface area contributed by atoms with E-state index in [0.29, 0.717) is 5.56 Å². The van der Waals surface area contributed by atoms with Crippen molar-refractivity contribution in [3.63, 3.8) is 0 Å². The highest BCUT2D eigenvalue weighted by atomic mass is 32.2. The summed E-state index contributed by atoms with van der Waals surface area (Å²) < 4.78 is 68.2. The monoisotopic (exact) mass is 354 g/mol. The van der Waals surface area contributed by atoms with E-state index in [4.69, 9.17) is 4.74 Å². The average Bonchev–Trinajstić information content (AvgIpc) is 2.43. The van der Waals surface area contributed by atoms with Gasteiger partial charge in [-0.2, -0.15) is 21.6 Å². The van der Waals surface area contributed by atoms with Gasteiger partial charge in [0.2, 0.25) is 0 Å². The molecular weight excluding hydrogens is 337 g/mol. The van der Waals surface area contributed by atoms with Crippen molar-refractivity contribution in [1.29, 1.82) is 0 Å². The number of esters is 1. The number of halogens is 3. The van der Waals surface area contributed by atoms with E-state index in [2.05, 4.69) is 4.18 Å². The molecule has 0 radical (unpaired) electrons. The molecule has 0 N–H and O–H groups in total. The second-order valence-corrected chi connectivity index (χ2v) is 6.77. The molecule has 0 aliphatic rings. The molecule has 23 heavy (non-hydrogen) atoms. The van der Waals surface area contributed by atoms with Crippen LogP contribution in [0.25, 0.3) is 0 Å². The third kappa shape index (κ3) is 6.19. The molecule has 1 rings (SSSR count). The van der Waals surface area contributed by atoms with Gasteiger partial charge in [-0.15, -0.1) is 0 Å². The highest BCUT2D eigenvalue weighted by Gasteiger charge is 2.49. The third-order valence-electron chi connectivity index (χ3n) is 2.70. The number of ether oxygens (including phenoxy) is 1. The van der Waals surface area contributed by atoms with Crippen molar-refractivity contribution in [3.8, 4) is 0 Å². The lowest BCUT2D eigenvalue weighted by atomic mass is 10.1. The molecule has 0 amide bonds. The van der Waals surface area contributed by atoms with Gasteiger partial charge in [0.1, 0.15) is 6.61 Å². The Labute approximate surface area is 132 Å². The van der Waals surface area contributed by atoms with Crippen LogP contribution in [-0.4, -0.2) is 26.0 Å². The molecule has 0 bridgehead atoms. The number of benzene rings is 1. The third-order valence-corrected chi connectivity index (χ3v) is 3.75. The van der Waals surface area contributed by atoms with Gasteiger partial charge in [0.25, 0.3) is 0 Å². The molecule has 1 aromatic carbocycles. The van der Waals surface area contributed by atoms with Crippen LogP contribution in [-0.2, 0) is 30.4 Å². The molecule has 0 fully saturated rings. The van der Waals surface area contributed by atoms with Crippen molar-refractivity contribution >= 4 is 16.1 Å². The zero-order valence-electron chi connectivity index (χ0n) is 12.5. The fraction of sp³-hybridized carbons (Fsp3) is 0.500. The molecule has 0 aliphatic carbocycles. The summed E-state index contributed by atoms with van der Waals surface area (Å²) >= 11 is 0. The summed E-state index contributed by atoms with van der Waals surface area (Å²) in [6.45, 7) is 3.03. The molecule has 5 nitrogen and oxygen atoms in total. The van der Waals surface area contributed by atoms with Crippen LogP contribution >= 0.6 is 0 Å². The molecule has 0 aromatic heterocycles. The van der Waals surface area contributed by atoms with Gasteiger partial charge in [-0.3, -0.25) is 0 Å². The number of carbonyl (C=O) groups is 1. The quantitative estimate of drug-likeness (QED) is 0.428. The summed E-state index contributed by atoms with van der Waals surface area (Å²) in [5, 5.41) is 0. The van der Waals surface area contributed by atoms with Crippen LogP contribution in [0, 0.1) is 5.92 Å². The minimum Gasteiger partial charge on any atom is -0.459 e. The van der Waals surface area contributed by atoms with Crippen LogP contribution in [0.3, 0.4) is 0 Å². The normalized spacial score (nSPS) is 13.8. The number of alkyl halides is 3. The minimum atomic E-state index is -5.87. The van der Waals surface area contributed by atoms with E-state index in [1.165, 1.54) is 0 Å². The van der Waals surface area contributed by atoms with Gasteiger partial charge < -0.3 is 4.74 Å². The standard InChI is InChI=1S/C14H17F3O5S/c1-10(2)8-12(22-23(19,20)14(15,16)17)13(18)21-9-11-6-4-3-5-7-11/h3-7,10,12H,8-9H2,1-2H3/t12-/m1/s1. The van der Waals surface area contributed by atoms with Crippen molar-refractivity contribution in [2.75, 3.05) is 0 Å². The number of hydrogen-bond donors (Lipinski definition) is 0. The summed E-state index contributed by atoms with van der Waals surface area (Å²) in [5.41, 5.74) is -4.98. The highest BCUT2D eigenvalue weighted by Crippen LogP contribution is 2.27. The van der Waals surface area contributed by atoms with E-state index >= 15 is 0 Å². The summed E-state index contributed by atoms with van der Waals surface area (Å²) in [6.07, 6.45) is -2.06. The van der Waals surface area contributed by atoms with Crippen molar-refractivity contribution in [2.24, 2.45) is 5.92 Å². The fourth-order valence-corrected chi connectivity index (χ4v) is 2.20. The molecule has 0 spiro atoms. The number of rotatable bonds is 7. The summed E-state index contributed by atoms with van der Waals surface area (Å²) in [7, 11) is -5.87. The predicted octanol–water partition coefficient (Wildman–Crippen LogP) is 3.01. The van der Waals surface area contributed by atoms with Crippen LogP contribution in [0.1, 0.15) is 25.8 Å². The Hall–Kier alpha value is -1.61. The average molecular weight is 354 g/mol. The minimum absolute atomic E-state index is 0.191.